The van der Waals surface area contributed by atoms with Crippen LogP contribution in [-0.2, 0) is 0 Å². The molecule has 4 heteroatoms. The maximum absolute atomic E-state index is 8.46. The zero-order valence-electron chi connectivity index (χ0n) is 9.28. The van der Waals surface area contributed by atoms with Crippen molar-refractivity contribution in [3.63, 3.8) is 0 Å². The molecule has 1 heterocycles. The van der Waals surface area contributed by atoms with Crippen molar-refractivity contribution in [3.05, 3.63) is 35.5 Å². The number of nitrogens with one attached hydrogen (secondary N) is 1. The van der Waals surface area contributed by atoms with E-state index in [1.54, 1.807) is 6.20 Å². The van der Waals surface area contributed by atoms with E-state index in [1.807, 2.05) is 24.3 Å². The van der Waals surface area contributed by atoms with E-state index in [-0.39, 0.29) is 0 Å². The zero-order valence-corrected chi connectivity index (χ0v) is 10.0. The molecule has 0 aliphatic carbocycles. The van der Waals surface area contributed by atoms with Crippen molar-refractivity contribution in [2.75, 3.05) is 11.9 Å². The Balaban J connectivity index is 2.23. The van der Waals surface area contributed by atoms with Crippen LogP contribution in [-0.4, -0.2) is 11.5 Å². The van der Waals surface area contributed by atoms with Gasteiger partial charge in [0.05, 0.1) is 22.3 Å². The smallest absolute Gasteiger partial charge is 0.0948 e. The van der Waals surface area contributed by atoms with Gasteiger partial charge in [-0.2, -0.15) is 5.26 Å². The fourth-order valence-electron chi connectivity index (χ4n) is 1.67. The van der Waals surface area contributed by atoms with Crippen LogP contribution in [0.5, 0.6) is 0 Å². The van der Waals surface area contributed by atoms with E-state index in [4.69, 9.17) is 16.9 Å². The first-order valence-corrected chi connectivity index (χ1v) is 5.85. The lowest BCUT2D eigenvalue weighted by Gasteiger charge is -2.09. The van der Waals surface area contributed by atoms with Crippen molar-refractivity contribution >= 4 is 28.2 Å². The van der Waals surface area contributed by atoms with Crippen LogP contribution >= 0.6 is 11.6 Å². The summed E-state index contributed by atoms with van der Waals surface area (Å²) in [5.41, 5.74) is 1.83. The minimum Gasteiger partial charge on any atom is -0.383 e. The molecule has 86 valence electrons. The summed E-state index contributed by atoms with van der Waals surface area (Å²) < 4.78 is 0. The number of benzene rings is 1. The van der Waals surface area contributed by atoms with Crippen LogP contribution in [0, 0.1) is 11.3 Å². The van der Waals surface area contributed by atoms with Crippen LogP contribution in [0.25, 0.3) is 10.9 Å². The molecule has 1 aromatic carbocycles. The largest absolute Gasteiger partial charge is 0.383 e. The number of pyridine rings is 1. The Bertz CT molecular complexity index is 560. The van der Waals surface area contributed by atoms with Crippen LogP contribution < -0.4 is 5.32 Å². The Morgan fingerprint density at radius 3 is 3.06 bits per heavy atom. The maximum Gasteiger partial charge on any atom is 0.0948 e. The molecule has 0 unspecified atom stereocenters. The number of fused-ring (bicyclic) bond motifs is 1. The first-order chi connectivity index (χ1) is 8.33. The predicted octanol–water partition coefficient (Wildman–Crippen LogP) is 3.60. The highest BCUT2D eigenvalue weighted by Gasteiger charge is 2.04. The fourth-order valence-corrected chi connectivity index (χ4v) is 1.89. The Hall–Kier alpha value is -1.79. The molecule has 2 rings (SSSR count). The molecule has 0 aliphatic rings. The molecule has 2 aromatic rings. The van der Waals surface area contributed by atoms with Gasteiger partial charge < -0.3 is 5.32 Å². The van der Waals surface area contributed by atoms with Crippen molar-refractivity contribution in [3.8, 4) is 6.07 Å². The lowest BCUT2D eigenvalue weighted by molar-refractivity contribution is 0.898. The summed E-state index contributed by atoms with van der Waals surface area (Å²) >= 11 is 6.10. The lowest BCUT2D eigenvalue weighted by atomic mass is 10.2. The SMILES string of the molecule is N#CCCCNc1ccc(Cl)c2cccnc12. The minimum atomic E-state index is 0.561. The van der Waals surface area contributed by atoms with E-state index in [9.17, 15) is 0 Å². The molecule has 1 N–H and O–H groups in total. The van der Waals surface area contributed by atoms with Gasteiger partial charge >= 0.3 is 0 Å². The fraction of sp³-hybridized carbons (Fsp3) is 0.231. The first kappa shape index (κ1) is 11.7. The third-order valence-electron chi connectivity index (χ3n) is 2.50. The maximum atomic E-state index is 8.46. The molecule has 0 saturated heterocycles. The van der Waals surface area contributed by atoms with Gasteiger partial charge in [-0.3, -0.25) is 4.98 Å². The van der Waals surface area contributed by atoms with E-state index in [0.717, 1.165) is 29.6 Å². The van der Waals surface area contributed by atoms with Gasteiger partial charge in [0.2, 0.25) is 0 Å². The molecule has 0 fully saturated rings. The average molecular weight is 246 g/mol. The summed E-state index contributed by atoms with van der Waals surface area (Å²) in [5.74, 6) is 0. The van der Waals surface area contributed by atoms with Crippen molar-refractivity contribution in [1.29, 1.82) is 5.26 Å². The molecular formula is C13H12ClN3. The van der Waals surface area contributed by atoms with Crippen LogP contribution in [0.1, 0.15) is 12.8 Å². The van der Waals surface area contributed by atoms with Crippen LogP contribution in [0.2, 0.25) is 5.02 Å². The van der Waals surface area contributed by atoms with Crippen molar-refractivity contribution in [2.24, 2.45) is 0 Å². The van der Waals surface area contributed by atoms with Gasteiger partial charge in [-0.25, -0.2) is 0 Å². The monoisotopic (exact) mass is 245 g/mol. The highest BCUT2D eigenvalue weighted by molar-refractivity contribution is 6.35. The summed E-state index contributed by atoms with van der Waals surface area (Å²) in [5, 5.41) is 13.4. The number of rotatable bonds is 4. The van der Waals surface area contributed by atoms with Gasteiger partial charge in [0.1, 0.15) is 0 Å². The number of halogens is 1. The summed E-state index contributed by atoms with van der Waals surface area (Å²) in [6, 6.07) is 9.72. The van der Waals surface area contributed by atoms with E-state index in [1.165, 1.54) is 0 Å². The number of hydrogen-bond acceptors (Lipinski definition) is 3. The number of hydrogen-bond donors (Lipinski definition) is 1. The Morgan fingerprint density at radius 2 is 2.24 bits per heavy atom. The Kier molecular flexibility index (Phi) is 3.79. The Morgan fingerprint density at radius 1 is 1.35 bits per heavy atom. The second kappa shape index (κ2) is 5.51. The predicted molar refractivity (Wildman–Crippen MR) is 70.1 cm³/mol. The molecule has 0 spiro atoms. The third kappa shape index (κ3) is 2.66. The van der Waals surface area contributed by atoms with Gasteiger partial charge in [0.15, 0.2) is 0 Å². The Labute approximate surface area is 105 Å². The molecule has 17 heavy (non-hydrogen) atoms. The highest BCUT2D eigenvalue weighted by atomic mass is 35.5. The summed E-state index contributed by atoms with van der Waals surface area (Å²) in [6.45, 7) is 0.765. The molecule has 0 atom stereocenters. The lowest BCUT2D eigenvalue weighted by Crippen LogP contribution is -2.02. The van der Waals surface area contributed by atoms with E-state index >= 15 is 0 Å². The van der Waals surface area contributed by atoms with E-state index in [2.05, 4.69) is 16.4 Å². The second-order valence-corrected chi connectivity index (χ2v) is 4.09. The van der Waals surface area contributed by atoms with Crippen molar-refractivity contribution < 1.29 is 0 Å². The van der Waals surface area contributed by atoms with Gasteiger partial charge in [0.25, 0.3) is 0 Å². The van der Waals surface area contributed by atoms with Gasteiger partial charge in [0, 0.05) is 24.5 Å². The van der Waals surface area contributed by atoms with Gasteiger partial charge in [-0.15, -0.1) is 0 Å². The van der Waals surface area contributed by atoms with E-state index in [0.29, 0.717) is 11.4 Å². The molecule has 0 aliphatic heterocycles. The average Bonchev–Trinajstić information content (AvgIpc) is 2.37. The zero-order chi connectivity index (χ0) is 12.1. The number of nitriles is 1. The van der Waals surface area contributed by atoms with Crippen molar-refractivity contribution in [1.82, 2.24) is 4.98 Å². The molecule has 0 amide bonds. The van der Waals surface area contributed by atoms with Crippen LogP contribution in [0.3, 0.4) is 0 Å². The highest BCUT2D eigenvalue weighted by Crippen LogP contribution is 2.27. The summed E-state index contributed by atoms with van der Waals surface area (Å²) in [6.07, 6.45) is 3.14. The molecule has 0 radical (unpaired) electrons. The standard InChI is InChI=1S/C13H12ClN3/c14-11-5-6-12(16-8-2-1-7-15)13-10(11)4-3-9-17-13/h3-6,9,16H,1-2,8H2. The van der Waals surface area contributed by atoms with Gasteiger partial charge in [-0.1, -0.05) is 11.6 Å². The topological polar surface area (TPSA) is 48.7 Å². The van der Waals surface area contributed by atoms with Crippen molar-refractivity contribution in [2.45, 2.75) is 12.8 Å². The molecule has 3 nitrogen and oxygen atoms in total. The molecule has 0 bridgehead atoms. The van der Waals surface area contributed by atoms with E-state index < -0.39 is 0 Å². The number of aromatic nitrogens is 1. The van der Waals surface area contributed by atoms with Crippen LogP contribution in [0.15, 0.2) is 30.5 Å². The molecule has 1 aromatic heterocycles. The first-order valence-electron chi connectivity index (χ1n) is 5.47. The molecule has 0 saturated carbocycles. The normalized spacial score (nSPS) is 10.1. The number of unbranched alkanes of at least 4 members (excludes halogenated alkanes) is 1. The summed E-state index contributed by atoms with van der Waals surface area (Å²) in [7, 11) is 0. The number of anilines is 1. The number of nitrogens with zero attached hydrogens (tertiary/aromatic N) is 2. The quantitative estimate of drug-likeness (QED) is 0.838. The second-order valence-electron chi connectivity index (χ2n) is 3.68. The third-order valence-corrected chi connectivity index (χ3v) is 2.83. The molecular weight excluding hydrogens is 234 g/mol. The van der Waals surface area contributed by atoms with Crippen LogP contribution in [0.4, 0.5) is 5.69 Å². The minimum absolute atomic E-state index is 0.561. The van der Waals surface area contributed by atoms with Gasteiger partial charge in [-0.05, 0) is 30.7 Å². The summed E-state index contributed by atoms with van der Waals surface area (Å²) in [4.78, 5) is 4.33.